The van der Waals surface area contributed by atoms with Crippen LogP contribution >= 0.6 is 0 Å². The van der Waals surface area contributed by atoms with Gasteiger partial charge in [0.15, 0.2) is 0 Å². The molecule has 0 aliphatic rings. The van der Waals surface area contributed by atoms with Gasteiger partial charge in [0.05, 0.1) is 0 Å². The molecule has 1 radical (unpaired) electrons. The van der Waals surface area contributed by atoms with Crippen molar-refractivity contribution in [2.75, 3.05) is 0 Å². The zero-order valence-corrected chi connectivity index (χ0v) is 7.38. The minimum atomic E-state index is 0.398. The van der Waals surface area contributed by atoms with Gasteiger partial charge in [-0.1, -0.05) is 0 Å². The van der Waals surface area contributed by atoms with E-state index in [-0.39, 0.29) is 0 Å². The first-order valence-electron chi connectivity index (χ1n) is 3.00. The van der Waals surface area contributed by atoms with Crippen LogP contribution in [0.2, 0.25) is 0 Å². The van der Waals surface area contributed by atoms with Crippen molar-refractivity contribution in [3.63, 3.8) is 0 Å². The second kappa shape index (κ2) is 3.34. The van der Waals surface area contributed by atoms with Crippen LogP contribution in [0.25, 0.3) is 0 Å². The van der Waals surface area contributed by atoms with Gasteiger partial charge in [-0.3, -0.25) is 0 Å². The van der Waals surface area contributed by atoms with Gasteiger partial charge in [0.2, 0.25) is 0 Å². The van der Waals surface area contributed by atoms with Gasteiger partial charge in [-0.15, -0.1) is 0 Å². The number of benzene rings is 1. The molecule has 1 rings (SSSR count). The van der Waals surface area contributed by atoms with Gasteiger partial charge in [-0.05, 0) is 0 Å². The first kappa shape index (κ1) is 8.00. The summed E-state index contributed by atoms with van der Waals surface area (Å²) in [7, 11) is 0. The van der Waals surface area contributed by atoms with E-state index in [4.69, 9.17) is 10.7 Å². The molecule has 0 aliphatic carbocycles. The number of nitrogens with zero attached hydrogens (tertiary/aromatic N) is 1. The molecule has 11 heavy (non-hydrogen) atoms. The zero-order valence-electron chi connectivity index (χ0n) is 5.66. The van der Waals surface area contributed by atoms with Gasteiger partial charge < -0.3 is 0 Å². The second-order valence-electron chi connectivity index (χ2n) is 2.02. The molecule has 53 valence electrons. The Morgan fingerprint density at radius 3 is 2.27 bits per heavy atom. The Labute approximate surface area is 73.2 Å². The van der Waals surface area contributed by atoms with E-state index in [1.54, 1.807) is 24.3 Å². The van der Waals surface area contributed by atoms with Crippen LogP contribution in [0, 0.1) is 16.7 Å². The third kappa shape index (κ3) is 1.91. The maximum absolute atomic E-state index is 8.46. The van der Waals surface area contributed by atoms with Crippen molar-refractivity contribution in [1.29, 1.82) is 10.7 Å². The summed E-state index contributed by atoms with van der Waals surface area (Å²) >= 11 is 2.59. The van der Waals surface area contributed by atoms with Crippen LogP contribution in [0.15, 0.2) is 24.3 Å². The summed E-state index contributed by atoms with van der Waals surface area (Å²) in [5, 5.41) is 15.7. The second-order valence-corrected chi connectivity index (χ2v) is 2.87. The molecule has 0 aromatic heterocycles. The Bertz CT molecular complexity index is 308. The van der Waals surface area contributed by atoms with Crippen molar-refractivity contribution in [2.24, 2.45) is 0 Å². The predicted molar refractivity (Wildman–Crippen MR) is 43.7 cm³/mol. The van der Waals surface area contributed by atoms with Crippen LogP contribution < -0.4 is 0 Å². The number of hydrogen-bond acceptors (Lipinski definition) is 2. The molecule has 0 atom stereocenters. The Morgan fingerprint density at radius 2 is 1.91 bits per heavy atom. The summed E-state index contributed by atoms with van der Waals surface area (Å²) in [6.07, 6.45) is 0. The van der Waals surface area contributed by atoms with Gasteiger partial charge in [-0.2, -0.15) is 0 Å². The molecule has 0 aliphatic heterocycles. The molecule has 0 fully saturated rings. The van der Waals surface area contributed by atoms with Crippen molar-refractivity contribution in [3.05, 3.63) is 35.4 Å². The molecule has 3 heteroatoms. The monoisotopic (exact) mass is 209 g/mol. The summed E-state index contributed by atoms with van der Waals surface area (Å²) in [5.74, 6) is 0. The fraction of sp³-hybridized carbons (Fsp3) is 0. The van der Waals surface area contributed by atoms with Crippen molar-refractivity contribution in [3.8, 4) is 6.07 Å². The number of nitriles is 1. The third-order valence-electron chi connectivity index (χ3n) is 1.28. The van der Waals surface area contributed by atoms with E-state index in [0.717, 1.165) is 5.56 Å². The number of nitrogens with one attached hydrogen (secondary N) is 1. The Morgan fingerprint density at radius 1 is 1.36 bits per heavy atom. The molecule has 0 spiro atoms. The van der Waals surface area contributed by atoms with E-state index in [1.807, 2.05) is 6.07 Å². The summed E-state index contributed by atoms with van der Waals surface area (Å²) in [5.41, 5.74) is 1.43. The molecule has 0 bridgehead atoms. The molecular formula is C8H5N2Se. The average molecular weight is 208 g/mol. The summed E-state index contributed by atoms with van der Waals surface area (Å²) < 4.78 is 0.398. The maximum atomic E-state index is 8.46. The molecule has 1 aromatic rings. The molecule has 0 heterocycles. The van der Waals surface area contributed by atoms with Crippen molar-refractivity contribution < 1.29 is 0 Å². The fourth-order valence-electron chi connectivity index (χ4n) is 0.696. The van der Waals surface area contributed by atoms with E-state index in [2.05, 4.69) is 16.0 Å². The SMILES string of the molecule is N#Cc1ccc(C(=N)[Se])cc1. The molecule has 0 saturated heterocycles. The predicted octanol–water partition coefficient (Wildman–Crippen LogP) is 1.05. The van der Waals surface area contributed by atoms with Crippen LogP contribution in [0.1, 0.15) is 11.1 Å². The molecular weight excluding hydrogens is 203 g/mol. The van der Waals surface area contributed by atoms with E-state index >= 15 is 0 Å². The first-order valence-corrected chi connectivity index (χ1v) is 3.86. The van der Waals surface area contributed by atoms with Gasteiger partial charge >= 0.3 is 72.8 Å². The van der Waals surface area contributed by atoms with Crippen molar-refractivity contribution in [2.45, 2.75) is 0 Å². The van der Waals surface area contributed by atoms with Gasteiger partial charge in [0.25, 0.3) is 0 Å². The molecule has 0 saturated carbocycles. The third-order valence-corrected chi connectivity index (χ3v) is 1.77. The molecule has 0 amide bonds. The summed E-state index contributed by atoms with van der Waals surface area (Å²) in [6.45, 7) is 0. The normalized spacial score (nSPS) is 8.64. The Hall–Kier alpha value is -1.10. The van der Waals surface area contributed by atoms with Crippen molar-refractivity contribution in [1.82, 2.24) is 0 Å². The molecule has 1 N–H and O–H groups in total. The van der Waals surface area contributed by atoms with E-state index in [9.17, 15) is 0 Å². The van der Waals surface area contributed by atoms with Crippen LogP contribution in [-0.4, -0.2) is 20.6 Å². The number of hydrogen-bond donors (Lipinski definition) is 1. The molecule has 1 aromatic carbocycles. The van der Waals surface area contributed by atoms with Crippen LogP contribution in [0.3, 0.4) is 0 Å². The van der Waals surface area contributed by atoms with Gasteiger partial charge in [-0.25, -0.2) is 0 Å². The van der Waals surface area contributed by atoms with Crippen LogP contribution in [0.5, 0.6) is 0 Å². The Kier molecular flexibility index (Phi) is 2.43. The van der Waals surface area contributed by atoms with Crippen LogP contribution in [-0.2, 0) is 0 Å². The van der Waals surface area contributed by atoms with Gasteiger partial charge in [0.1, 0.15) is 0 Å². The van der Waals surface area contributed by atoms with E-state index < -0.39 is 0 Å². The fourth-order valence-corrected chi connectivity index (χ4v) is 0.982. The summed E-state index contributed by atoms with van der Waals surface area (Å²) in [4.78, 5) is 0. The standard InChI is InChI=1S/C8H5N2Se/c9-5-6-1-3-7(4-2-6)8(10)11/h1-4,10H. The topological polar surface area (TPSA) is 47.6 Å². The average Bonchev–Trinajstić information content (AvgIpc) is 2.05. The van der Waals surface area contributed by atoms with Gasteiger partial charge in [0, 0.05) is 0 Å². The molecule has 0 unspecified atom stereocenters. The number of rotatable bonds is 1. The minimum absolute atomic E-state index is 0.398. The molecule has 2 nitrogen and oxygen atoms in total. The zero-order chi connectivity index (χ0) is 8.27. The Balaban J connectivity index is 3.03. The first-order chi connectivity index (χ1) is 5.24. The summed E-state index contributed by atoms with van der Waals surface area (Å²) in [6, 6.07) is 8.90. The quantitative estimate of drug-likeness (QED) is 0.544. The van der Waals surface area contributed by atoms with E-state index in [0.29, 0.717) is 10.2 Å². The van der Waals surface area contributed by atoms with Crippen molar-refractivity contribution >= 4 is 20.6 Å². The van der Waals surface area contributed by atoms with E-state index in [1.165, 1.54) is 0 Å². The van der Waals surface area contributed by atoms with Crippen LogP contribution in [0.4, 0.5) is 0 Å².